The van der Waals surface area contributed by atoms with Gasteiger partial charge in [-0.1, -0.05) is 12.1 Å². The SMILES string of the molecule is Cc1cccc(N2CCC(N[C@H]3COC[C@@H]3N3CCN(C)CC3)CC2)c1C. The second-order valence-corrected chi connectivity index (χ2v) is 8.70. The van der Waals surface area contributed by atoms with E-state index in [1.165, 1.54) is 55.8 Å². The van der Waals surface area contributed by atoms with Crippen molar-refractivity contribution in [1.29, 1.82) is 0 Å². The number of hydrogen-bond donors (Lipinski definition) is 1. The van der Waals surface area contributed by atoms with Crippen LogP contribution in [-0.4, -0.2) is 87.5 Å². The van der Waals surface area contributed by atoms with Crippen LogP contribution in [0.3, 0.4) is 0 Å². The molecule has 0 aromatic heterocycles. The maximum Gasteiger partial charge on any atom is 0.0638 e. The fraction of sp³-hybridized carbons (Fsp3) is 0.727. The van der Waals surface area contributed by atoms with Crippen molar-refractivity contribution in [2.45, 2.75) is 44.8 Å². The molecule has 0 saturated carbocycles. The van der Waals surface area contributed by atoms with Gasteiger partial charge in [0.05, 0.1) is 19.3 Å². The van der Waals surface area contributed by atoms with Gasteiger partial charge in [0.15, 0.2) is 0 Å². The highest BCUT2D eigenvalue weighted by Crippen LogP contribution is 2.26. The Morgan fingerprint density at radius 3 is 2.44 bits per heavy atom. The molecule has 3 aliphatic heterocycles. The molecule has 150 valence electrons. The molecule has 1 aromatic carbocycles. The Balaban J connectivity index is 1.30. The zero-order chi connectivity index (χ0) is 18.8. The molecule has 3 aliphatic rings. The average molecular weight is 373 g/mol. The van der Waals surface area contributed by atoms with Crippen LogP contribution in [0.25, 0.3) is 0 Å². The van der Waals surface area contributed by atoms with Gasteiger partial charge in [-0.2, -0.15) is 0 Å². The first-order chi connectivity index (χ1) is 13.1. The van der Waals surface area contributed by atoms with Crippen LogP contribution < -0.4 is 10.2 Å². The minimum absolute atomic E-state index is 0.491. The van der Waals surface area contributed by atoms with Gasteiger partial charge in [-0.3, -0.25) is 4.90 Å². The van der Waals surface area contributed by atoms with E-state index in [9.17, 15) is 0 Å². The van der Waals surface area contributed by atoms with Crippen molar-refractivity contribution < 1.29 is 4.74 Å². The second kappa shape index (κ2) is 8.48. The maximum absolute atomic E-state index is 5.88. The quantitative estimate of drug-likeness (QED) is 0.872. The van der Waals surface area contributed by atoms with E-state index in [-0.39, 0.29) is 0 Å². The number of likely N-dealkylation sites (N-methyl/N-ethyl adjacent to an activating group) is 1. The molecule has 5 heteroatoms. The topological polar surface area (TPSA) is 31.0 Å². The van der Waals surface area contributed by atoms with Gasteiger partial charge >= 0.3 is 0 Å². The molecule has 3 heterocycles. The fourth-order valence-corrected chi connectivity index (χ4v) is 4.88. The van der Waals surface area contributed by atoms with Crippen molar-refractivity contribution in [2.75, 3.05) is 64.4 Å². The van der Waals surface area contributed by atoms with Crippen LogP contribution in [0.1, 0.15) is 24.0 Å². The number of anilines is 1. The highest BCUT2D eigenvalue weighted by Gasteiger charge is 2.36. The van der Waals surface area contributed by atoms with Crippen LogP contribution in [0.4, 0.5) is 5.69 Å². The van der Waals surface area contributed by atoms with Crippen LogP contribution in [-0.2, 0) is 4.74 Å². The van der Waals surface area contributed by atoms with Gasteiger partial charge in [-0.05, 0) is 50.9 Å². The number of piperidine rings is 1. The number of hydrogen-bond acceptors (Lipinski definition) is 5. The lowest BCUT2D eigenvalue weighted by Crippen LogP contribution is -2.58. The zero-order valence-corrected chi connectivity index (χ0v) is 17.3. The maximum atomic E-state index is 5.88. The smallest absolute Gasteiger partial charge is 0.0638 e. The molecule has 2 atom stereocenters. The lowest BCUT2D eigenvalue weighted by molar-refractivity contribution is 0.0900. The summed E-state index contributed by atoms with van der Waals surface area (Å²) in [6.07, 6.45) is 2.44. The molecule has 5 nitrogen and oxygen atoms in total. The summed E-state index contributed by atoms with van der Waals surface area (Å²) in [5, 5.41) is 3.97. The molecule has 0 unspecified atom stereocenters. The Morgan fingerprint density at radius 2 is 1.70 bits per heavy atom. The molecule has 0 aliphatic carbocycles. The molecular formula is C22H36N4O. The van der Waals surface area contributed by atoms with E-state index in [0.29, 0.717) is 18.1 Å². The van der Waals surface area contributed by atoms with Crippen molar-refractivity contribution in [3.63, 3.8) is 0 Å². The van der Waals surface area contributed by atoms with Gasteiger partial charge in [-0.15, -0.1) is 0 Å². The number of ether oxygens (including phenoxy) is 1. The number of nitrogens with zero attached hydrogens (tertiary/aromatic N) is 3. The summed E-state index contributed by atoms with van der Waals surface area (Å²) in [5.74, 6) is 0. The monoisotopic (exact) mass is 372 g/mol. The molecule has 27 heavy (non-hydrogen) atoms. The Hall–Kier alpha value is -1.14. The van der Waals surface area contributed by atoms with Crippen LogP contribution in [0.15, 0.2) is 18.2 Å². The van der Waals surface area contributed by atoms with E-state index in [2.05, 4.69) is 59.1 Å². The first kappa shape index (κ1) is 19.2. The zero-order valence-electron chi connectivity index (χ0n) is 17.3. The van der Waals surface area contributed by atoms with E-state index in [0.717, 1.165) is 26.3 Å². The number of aryl methyl sites for hydroxylation is 1. The van der Waals surface area contributed by atoms with Crippen LogP contribution in [0.2, 0.25) is 0 Å². The highest BCUT2D eigenvalue weighted by atomic mass is 16.5. The van der Waals surface area contributed by atoms with Crippen molar-refractivity contribution in [3.05, 3.63) is 29.3 Å². The molecule has 1 N–H and O–H groups in total. The fourth-order valence-electron chi connectivity index (χ4n) is 4.88. The van der Waals surface area contributed by atoms with E-state index >= 15 is 0 Å². The van der Waals surface area contributed by atoms with Gasteiger partial charge in [0, 0.05) is 57.0 Å². The standard InChI is InChI=1S/C22H36N4O/c1-17-5-4-6-21(18(17)2)25-9-7-19(8-10-25)23-20-15-27-16-22(20)26-13-11-24(3)12-14-26/h4-6,19-20,22-23H,7-16H2,1-3H3/t20-,22-/m0/s1. The summed E-state index contributed by atoms with van der Waals surface area (Å²) < 4.78 is 5.88. The average Bonchev–Trinajstić information content (AvgIpc) is 3.13. The lowest BCUT2D eigenvalue weighted by Gasteiger charge is -2.40. The van der Waals surface area contributed by atoms with Crippen LogP contribution in [0, 0.1) is 13.8 Å². The Kier molecular flexibility index (Phi) is 6.02. The number of rotatable bonds is 4. The van der Waals surface area contributed by atoms with E-state index in [4.69, 9.17) is 4.74 Å². The van der Waals surface area contributed by atoms with Gasteiger partial charge in [0.1, 0.15) is 0 Å². The second-order valence-electron chi connectivity index (χ2n) is 8.70. The summed E-state index contributed by atoms with van der Waals surface area (Å²) in [6.45, 7) is 13.2. The third-order valence-electron chi connectivity index (χ3n) is 6.92. The largest absolute Gasteiger partial charge is 0.378 e. The van der Waals surface area contributed by atoms with Gasteiger partial charge in [0.2, 0.25) is 0 Å². The Bertz CT molecular complexity index is 621. The summed E-state index contributed by atoms with van der Waals surface area (Å²) in [4.78, 5) is 7.65. The van der Waals surface area contributed by atoms with Crippen LogP contribution >= 0.6 is 0 Å². The number of piperazine rings is 1. The molecule has 3 fully saturated rings. The van der Waals surface area contributed by atoms with E-state index in [1.807, 2.05) is 0 Å². The Morgan fingerprint density at radius 1 is 0.963 bits per heavy atom. The van der Waals surface area contributed by atoms with E-state index < -0.39 is 0 Å². The molecule has 0 amide bonds. The summed E-state index contributed by atoms with van der Waals surface area (Å²) >= 11 is 0. The molecule has 4 rings (SSSR count). The Labute approximate surface area is 164 Å². The lowest BCUT2D eigenvalue weighted by atomic mass is 9.99. The third-order valence-corrected chi connectivity index (χ3v) is 6.92. The van der Waals surface area contributed by atoms with Gasteiger partial charge in [-0.25, -0.2) is 0 Å². The molecule has 3 saturated heterocycles. The highest BCUT2D eigenvalue weighted by molar-refractivity contribution is 5.56. The van der Waals surface area contributed by atoms with Crippen molar-refractivity contribution in [2.24, 2.45) is 0 Å². The van der Waals surface area contributed by atoms with E-state index in [1.54, 1.807) is 0 Å². The first-order valence-electron chi connectivity index (χ1n) is 10.7. The predicted octanol–water partition coefficient (Wildman–Crippen LogP) is 1.88. The molecule has 0 bridgehead atoms. The molecule has 0 radical (unpaired) electrons. The summed E-state index contributed by atoms with van der Waals surface area (Å²) in [6, 6.07) is 8.35. The minimum atomic E-state index is 0.491. The predicted molar refractivity (Wildman–Crippen MR) is 112 cm³/mol. The summed E-state index contributed by atoms with van der Waals surface area (Å²) in [5.41, 5.74) is 4.25. The van der Waals surface area contributed by atoms with Crippen molar-refractivity contribution in [3.8, 4) is 0 Å². The van der Waals surface area contributed by atoms with Crippen molar-refractivity contribution in [1.82, 2.24) is 15.1 Å². The minimum Gasteiger partial charge on any atom is -0.378 e. The summed E-state index contributed by atoms with van der Waals surface area (Å²) in [7, 11) is 2.22. The molecule has 1 aromatic rings. The molecule has 0 spiro atoms. The third kappa shape index (κ3) is 4.32. The number of nitrogens with one attached hydrogen (secondary N) is 1. The normalized spacial score (nSPS) is 28.8. The van der Waals surface area contributed by atoms with Crippen LogP contribution in [0.5, 0.6) is 0 Å². The van der Waals surface area contributed by atoms with Gasteiger partial charge in [0.25, 0.3) is 0 Å². The van der Waals surface area contributed by atoms with Gasteiger partial charge < -0.3 is 19.9 Å². The number of benzene rings is 1. The first-order valence-corrected chi connectivity index (χ1v) is 10.7. The molecular weight excluding hydrogens is 336 g/mol. The van der Waals surface area contributed by atoms with Crippen molar-refractivity contribution >= 4 is 5.69 Å².